The molecule has 0 spiro atoms. The van der Waals surface area contributed by atoms with E-state index in [2.05, 4.69) is 34.0 Å². The molecule has 0 fully saturated rings. The molecule has 0 unspecified atom stereocenters. The van der Waals surface area contributed by atoms with E-state index >= 15 is 0 Å². The first-order chi connectivity index (χ1) is 9.15. The number of methoxy groups -OCH3 is 1. The Balaban J connectivity index is 2.16. The van der Waals surface area contributed by atoms with E-state index in [1.807, 2.05) is 12.5 Å². The lowest BCUT2D eigenvalue weighted by Crippen LogP contribution is -2.30. The van der Waals surface area contributed by atoms with Crippen molar-refractivity contribution in [3.8, 4) is 0 Å². The van der Waals surface area contributed by atoms with Crippen LogP contribution in [0.1, 0.15) is 32.0 Å². The van der Waals surface area contributed by atoms with Crippen molar-refractivity contribution in [2.45, 2.75) is 32.9 Å². The number of hydrogen-bond acceptors (Lipinski definition) is 4. The summed E-state index contributed by atoms with van der Waals surface area (Å²) in [5.74, 6) is 0.0434. The maximum Gasteiger partial charge on any atom is 0.221 e. The predicted molar refractivity (Wildman–Crippen MR) is 73.8 cm³/mol. The van der Waals surface area contributed by atoms with Gasteiger partial charge in [-0.2, -0.15) is 0 Å². The second kappa shape index (κ2) is 8.66. The predicted octanol–water partition coefficient (Wildman–Crippen LogP) is 0.706. The van der Waals surface area contributed by atoms with Gasteiger partial charge in [-0.15, -0.1) is 0 Å². The van der Waals surface area contributed by atoms with Crippen molar-refractivity contribution in [2.24, 2.45) is 0 Å². The lowest BCUT2D eigenvalue weighted by molar-refractivity contribution is -0.121. The van der Waals surface area contributed by atoms with Crippen LogP contribution >= 0.6 is 0 Å². The maximum absolute atomic E-state index is 11.4. The third kappa shape index (κ3) is 5.85. The number of carbonyl (C=O) groups is 1. The second-order valence-corrected chi connectivity index (χ2v) is 4.66. The molecule has 1 aromatic rings. The molecule has 2 N–H and O–H groups in total. The van der Waals surface area contributed by atoms with E-state index in [4.69, 9.17) is 4.74 Å². The molecule has 0 aliphatic rings. The fraction of sp³-hybridized carbons (Fsp3) is 0.692. The number of nitrogens with one attached hydrogen (secondary N) is 2. The molecule has 1 amide bonds. The molecular formula is C13H24N4O2. The van der Waals surface area contributed by atoms with Gasteiger partial charge in [0.15, 0.2) is 0 Å². The zero-order chi connectivity index (χ0) is 14.1. The molecule has 0 bridgehead atoms. The second-order valence-electron chi connectivity index (χ2n) is 4.66. The Labute approximate surface area is 114 Å². The van der Waals surface area contributed by atoms with Crippen LogP contribution in [0.15, 0.2) is 12.5 Å². The van der Waals surface area contributed by atoms with Gasteiger partial charge in [0.25, 0.3) is 0 Å². The smallest absolute Gasteiger partial charge is 0.221 e. The summed E-state index contributed by atoms with van der Waals surface area (Å²) >= 11 is 0. The number of amides is 1. The van der Waals surface area contributed by atoms with Crippen LogP contribution in [0.3, 0.4) is 0 Å². The summed E-state index contributed by atoms with van der Waals surface area (Å²) in [6, 6.07) is 0.400. The molecule has 19 heavy (non-hydrogen) atoms. The molecule has 0 aliphatic heterocycles. The van der Waals surface area contributed by atoms with E-state index in [-0.39, 0.29) is 5.91 Å². The van der Waals surface area contributed by atoms with Gasteiger partial charge in [-0.05, 0) is 13.8 Å². The number of aromatic nitrogens is 2. The molecule has 108 valence electrons. The molecule has 6 heteroatoms. The fourth-order valence-electron chi connectivity index (χ4n) is 1.73. The van der Waals surface area contributed by atoms with E-state index in [1.165, 1.54) is 0 Å². The van der Waals surface area contributed by atoms with Crippen molar-refractivity contribution in [3.63, 3.8) is 0 Å². The van der Waals surface area contributed by atoms with Crippen LogP contribution in [0, 0.1) is 0 Å². The molecule has 0 radical (unpaired) electrons. The summed E-state index contributed by atoms with van der Waals surface area (Å²) in [5.41, 5.74) is 1.13. The molecule has 6 nitrogen and oxygen atoms in total. The van der Waals surface area contributed by atoms with Crippen molar-refractivity contribution in [1.82, 2.24) is 20.2 Å². The van der Waals surface area contributed by atoms with Gasteiger partial charge >= 0.3 is 0 Å². The van der Waals surface area contributed by atoms with Crippen molar-refractivity contribution in [2.75, 3.05) is 26.8 Å². The first-order valence-electron chi connectivity index (χ1n) is 6.62. The number of ether oxygens (including phenoxy) is 1. The summed E-state index contributed by atoms with van der Waals surface area (Å²) in [6.45, 7) is 6.73. The van der Waals surface area contributed by atoms with Crippen LogP contribution < -0.4 is 10.6 Å². The number of carbonyl (C=O) groups excluding carboxylic acids is 1. The minimum absolute atomic E-state index is 0.0434. The first-order valence-corrected chi connectivity index (χ1v) is 6.62. The van der Waals surface area contributed by atoms with Crippen LogP contribution in [0.4, 0.5) is 0 Å². The Bertz CT molecular complexity index is 376. The van der Waals surface area contributed by atoms with Gasteiger partial charge in [-0.25, -0.2) is 4.98 Å². The van der Waals surface area contributed by atoms with Crippen molar-refractivity contribution in [1.29, 1.82) is 0 Å². The number of nitrogens with zero attached hydrogens (tertiary/aromatic N) is 2. The Morgan fingerprint density at radius 2 is 2.26 bits per heavy atom. The summed E-state index contributed by atoms with van der Waals surface area (Å²) < 4.78 is 6.98. The van der Waals surface area contributed by atoms with Crippen molar-refractivity contribution < 1.29 is 9.53 Å². The molecule has 0 aliphatic carbocycles. The molecule has 0 saturated heterocycles. The highest BCUT2D eigenvalue weighted by Gasteiger charge is 2.05. The van der Waals surface area contributed by atoms with Crippen LogP contribution in [-0.2, 0) is 16.1 Å². The highest BCUT2D eigenvalue weighted by atomic mass is 16.5. The van der Waals surface area contributed by atoms with Crippen LogP contribution in [0.5, 0.6) is 0 Å². The van der Waals surface area contributed by atoms with Crippen LogP contribution in [0.25, 0.3) is 0 Å². The van der Waals surface area contributed by atoms with E-state index in [0.717, 1.165) is 12.2 Å². The lowest BCUT2D eigenvalue weighted by Gasteiger charge is -2.12. The lowest BCUT2D eigenvalue weighted by atomic mass is 10.3. The quantitative estimate of drug-likeness (QED) is 0.647. The van der Waals surface area contributed by atoms with Gasteiger partial charge in [-0.1, -0.05) is 0 Å². The van der Waals surface area contributed by atoms with Gasteiger partial charge in [0.2, 0.25) is 5.91 Å². The molecular weight excluding hydrogens is 244 g/mol. The van der Waals surface area contributed by atoms with Gasteiger partial charge in [0.1, 0.15) is 0 Å². The number of imidazole rings is 1. The monoisotopic (exact) mass is 268 g/mol. The highest BCUT2D eigenvalue weighted by molar-refractivity contribution is 5.75. The molecule has 1 heterocycles. The van der Waals surface area contributed by atoms with E-state index in [9.17, 15) is 4.79 Å². The van der Waals surface area contributed by atoms with E-state index < -0.39 is 0 Å². The average molecular weight is 268 g/mol. The Hall–Kier alpha value is -1.40. The van der Waals surface area contributed by atoms with Gasteiger partial charge in [-0.3, -0.25) is 4.79 Å². The fourth-order valence-corrected chi connectivity index (χ4v) is 1.73. The van der Waals surface area contributed by atoms with E-state index in [0.29, 0.717) is 32.2 Å². The summed E-state index contributed by atoms with van der Waals surface area (Å²) in [4.78, 5) is 15.6. The van der Waals surface area contributed by atoms with Crippen LogP contribution in [-0.4, -0.2) is 42.3 Å². The Morgan fingerprint density at radius 3 is 2.95 bits per heavy atom. The third-order valence-electron chi connectivity index (χ3n) is 2.77. The highest BCUT2D eigenvalue weighted by Crippen LogP contribution is 2.08. The van der Waals surface area contributed by atoms with Crippen molar-refractivity contribution in [3.05, 3.63) is 18.2 Å². The first kappa shape index (κ1) is 15.7. The minimum atomic E-state index is 0.0434. The molecule has 1 aromatic heterocycles. The zero-order valence-corrected chi connectivity index (χ0v) is 12.0. The SMILES string of the molecule is COCCNC(=O)CCNCc1cncn1C(C)C. The third-order valence-corrected chi connectivity index (χ3v) is 2.77. The number of rotatable bonds is 9. The van der Waals surface area contributed by atoms with Crippen molar-refractivity contribution >= 4 is 5.91 Å². The van der Waals surface area contributed by atoms with Gasteiger partial charge < -0.3 is 19.9 Å². The Kier molecular flexibility index (Phi) is 7.14. The average Bonchev–Trinajstić information content (AvgIpc) is 2.83. The molecule has 0 saturated carbocycles. The van der Waals surface area contributed by atoms with Gasteiger partial charge in [0.05, 0.1) is 18.6 Å². The molecule has 0 atom stereocenters. The molecule has 1 rings (SSSR count). The summed E-state index contributed by atoms with van der Waals surface area (Å²) in [7, 11) is 1.62. The zero-order valence-electron chi connectivity index (χ0n) is 12.0. The summed E-state index contributed by atoms with van der Waals surface area (Å²) in [6.07, 6.45) is 4.16. The number of hydrogen-bond donors (Lipinski definition) is 2. The standard InChI is InChI=1S/C13H24N4O2/c1-11(2)17-10-15-9-12(17)8-14-5-4-13(18)16-6-7-19-3/h9-11,14H,4-8H2,1-3H3,(H,16,18). The maximum atomic E-state index is 11.4. The largest absolute Gasteiger partial charge is 0.383 e. The molecule has 0 aromatic carbocycles. The van der Waals surface area contributed by atoms with Crippen LogP contribution in [0.2, 0.25) is 0 Å². The normalized spacial score (nSPS) is 10.9. The topological polar surface area (TPSA) is 68.2 Å². The minimum Gasteiger partial charge on any atom is -0.383 e. The van der Waals surface area contributed by atoms with E-state index in [1.54, 1.807) is 7.11 Å². The summed E-state index contributed by atoms with van der Waals surface area (Å²) in [5, 5.41) is 6.04. The Morgan fingerprint density at radius 1 is 1.47 bits per heavy atom. The van der Waals surface area contributed by atoms with Gasteiger partial charge in [0, 0.05) is 45.4 Å².